The van der Waals surface area contributed by atoms with Crippen molar-refractivity contribution < 1.29 is 0 Å². The lowest BCUT2D eigenvalue weighted by Gasteiger charge is -2.05. The van der Waals surface area contributed by atoms with Gasteiger partial charge in [-0.15, -0.1) is 0 Å². The van der Waals surface area contributed by atoms with Gasteiger partial charge in [0.05, 0.1) is 0 Å². The van der Waals surface area contributed by atoms with Gasteiger partial charge >= 0.3 is 0 Å². The van der Waals surface area contributed by atoms with E-state index in [2.05, 4.69) is 42.9 Å². The molecule has 1 aromatic rings. The van der Waals surface area contributed by atoms with Crippen LogP contribution in [0.25, 0.3) is 0 Å². The van der Waals surface area contributed by atoms with E-state index in [0.29, 0.717) is 5.92 Å². The smallest absolute Gasteiger partial charge is 0.0240 e. The van der Waals surface area contributed by atoms with Gasteiger partial charge in [0.2, 0.25) is 0 Å². The fourth-order valence-corrected chi connectivity index (χ4v) is 1.40. The minimum absolute atomic E-state index is 0.592. The standard InChI is InChI=1S/C9H14N2S/c1-7(2)8-3-5-9(6-4-8)12-11-10/h3-7,11H,10H2,1-2H3. The lowest BCUT2D eigenvalue weighted by atomic mass is 10.0. The van der Waals surface area contributed by atoms with Crippen molar-refractivity contribution in [2.45, 2.75) is 24.7 Å². The molecule has 0 saturated heterocycles. The zero-order chi connectivity index (χ0) is 8.97. The van der Waals surface area contributed by atoms with Gasteiger partial charge in [-0.2, -0.15) is 4.83 Å². The largest absolute Gasteiger partial charge is 0.261 e. The van der Waals surface area contributed by atoms with Crippen molar-refractivity contribution in [2.75, 3.05) is 0 Å². The summed E-state index contributed by atoms with van der Waals surface area (Å²) in [6.07, 6.45) is 0. The summed E-state index contributed by atoms with van der Waals surface area (Å²) in [5.74, 6) is 5.76. The fraction of sp³-hybridized carbons (Fsp3) is 0.333. The highest BCUT2D eigenvalue weighted by molar-refractivity contribution is 7.97. The summed E-state index contributed by atoms with van der Waals surface area (Å²) in [5.41, 5.74) is 1.36. The predicted octanol–water partition coefficient (Wildman–Crippen LogP) is 2.28. The van der Waals surface area contributed by atoms with Gasteiger partial charge in [0.25, 0.3) is 0 Å². The third-order valence-corrected chi connectivity index (χ3v) is 2.35. The van der Waals surface area contributed by atoms with Crippen molar-refractivity contribution in [3.8, 4) is 0 Å². The molecule has 0 radical (unpaired) electrons. The van der Waals surface area contributed by atoms with Gasteiger partial charge in [-0.05, 0) is 35.6 Å². The van der Waals surface area contributed by atoms with Crippen LogP contribution in [0.5, 0.6) is 0 Å². The van der Waals surface area contributed by atoms with Crippen LogP contribution in [-0.2, 0) is 0 Å². The lowest BCUT2D eigenvalue weighted by molar-refractivity contribution is 0.865. The zero-order valence-corrected chi connectivity index (χ0v) is 8.19. The minimum Gasteiger partial charge on any atom is -0.261 e. The molecule has 1 rings (SSSR count). The van der Waals surface area contributed by atoms with Crippen LogP contribution in [0.15, 0.2) is 29.2 Å². The van der Waals surface area contributed by atoms with E-state index in [1.54, 1.807) is 0 Å². The van der Waals surface area contributed by atoms with Gasteiger partial charge in [-0.3, -0.25) is 5.84 Å². The first-order valence-corrected chi connectivity index (χ1v) is 4.78. The molecule has 0 aliphatic heterocycles. The number of nitrogens with one attached hydrogen (secondary N) is 1. The van der Waals surface area contributed by atoms with Gasteiger partial charge in [-0.1, -0.05) is 26.0 Å². The highest BCUT2D eigenvalue weighted by Gasteiger charge is 1.97. The molecule has 1 aromatic carbocycles. The Morgan fingerprint density at radius 2 is 1.83 bits per heavy atom. The normalized spacial score (nSPS) is 10.7. The maximum Gasteiger partial charge on any atom is 0.0240 e. The average molecular weight is 182 g/mol. The Kier molecular flexibility index (Phi) is 3.59. The topological polar surface area (TPSA) is 38.0 Å². The highest BCUT2D eigenvalue weighted by atomic mass is 32.2. The molecule has 12 heavy (non-hydrogen) atoms. The summed E-state index contributed by atoms with van der Waals surface area (Å²) in [6.45, 7) is 4.37. The quantitative estimate of drug-likeness (QED) is 0.428. The van der Waals surface area contributed by atoms with Crippen molar-refractivity contribution in [3.63, 3.8) is 0 Å². The monoisotopic (exact) mass is 182 g/mol. The molecule has 0 aromatic heterocycles. The average Bonchev–Trinajstić information content (AvgIpc) is 2.06. The maximum atomic E-state index is 5.17. The number of rotatable bonds is 3. The SMILES string of the molecule is CC(C)c1ccc(SNN)cc1. The van der Waals surface area contributed by atoms with Gasteiger partial charge in [0.1, 0.15) is 0 Å². The first-order valence-electron chi connectivity index (χ1n) is 3.96. The summed E-state index contributed by atoms with van der Waals surface area (Å²) < 4.78 is 0. The summed E-state index contributed by atoms with van der Waals surface area (Å²) in [7, 11) is 0. The van der Waals surface area contributed by atoms with E-state index < -0.39 is 0 Å². The molecule has 0 bridgehead atoms. The molecular formula is C9H14N2S. The summed E-state index contributed by atoms with van der Waals surface area (Å²) in [6, 6.07) is 8.40. The Morgan fingerprint density at radius 3 is 2.25 bits per heavy atom. The van der Waals surface area contributed by atoms with E-state index in [4.69, 9.17) is 5.84 Å². The second kappa shape index (κ2) is 4.50. The Balaban J connectivity index is 2.71. The van der Waals surface area contributed by atoms with Crippen LogP contribution in [0.1, 0.15) is 25.3 Å². The molecule has 0 aliphatic rings. The fourth-order valence-electron chi connectivity index (χ4n) is 0.989. The molecule has 0 heterocycles. The number of hydrogen-bond donors (Lipinski definition) is 2. The molecular weight excluding hydrogens is 168 g/mol. The van der Waals surface area contributed by atoms with Crippen LogP contribution in [0.3, 0.4) is 0 Å². The number of hydrogen-bond acceptors (Lipinski definition) is 3. The van der Waals surface area contributed by atoms with Crippen LogP contribution < -0.4 is 10.7 Å². The Bertz CT molecular complexity index is 231. The minimum atomic E-state index is 0.592. The van der Waals surface area contributed by atoms with E-state index in [-0.39, 0.29) is 0 Å². The van der Waals surface area contributed by atoms with Crippen molar-refractivity contribution in [3.05, 3.63) is 29.8 Å². The molecule has 0 spiro atoms. The zero-order valence-electron chi connectivity index (χ0n) is 7.37. The Hall–Kier alpha value is -0.510. The van der Waals surface area contributed by atoms with E-state index in [1.807, 2.05) is 0 Å². The third-order valence-electron chi connectivity index (χ3n) is 1.72. The Morgan fingerprint density at radius 1 is 1.25 bits per heavy atom. The van der Waals surface area contributed by atoms with Crippen molar-refractivity contribution in [2.24, 2.45) is 5.84 Å². The molecule has 0 saturated carbocycles. The van der Waals surface area contributed by atoms with E-state index in [0.717, 1.165) is 4.90 Å². The van der Waals surface area contributed by atoms with Crippen LogP contribution in [0.4, 0.5) is 0 Å². The third kappa shape index (κ3) is 2.52. The van der Waals surface area contributed by atoms with Crippen LogP contribution in [-0.4, -0.2) is 0 Å². The maximum absolute atomic E-state index is 5.17. The second-order valence-corrected chi connectivity index (χ2v) is 3.85. The van der Waals surface area contributed by atoms with E-state index in [1.165, 1.54) is 17.5 Å². The van der Waals surface area contributed by atoms with Gasteiger partial charge < -0.3 is 0 Å². The van der Waals surface area contributed by atoms with Crippen molar-refractivity contribution in [1.29, 1.82) is 0 Å². The van der Waals surface area contributed by atoms with Crippen molar-refractivity contribution >= 4 is 11.9 Å². The number of hydrazine groups is 1. The van der Waals surface area contributed by atoms with Crippen LogP contribution in [0, 0.1) is 0 Å². The van der Waals surface area contributed by atoms with E-state index in [9.17, 15) is 0 Å². The molecule has 3 heteroatoms. The predicted molar refractivity (Wildman–Crippen MR) is 53.7 cm³/mol. The van der Waals surface area contributed by atoms with Gasteiger partial charge in [-0.25, -0.2) is 0 Å². The molecule has 3 N–H and O–H groups in total. The van der Waals surface area contributed by atoms with Crippen LogP contribution >= 0.6 is 11.9 Å². The molecule has 0 unspecified atom stereocenters. The van der Waals surface area contributed by atoms with Crippen molar-refractivity contribution in [1.82, 2.24) is 4.83 Å². The summed E-state index contributed by atoms with van der Waals surface area (Å²) in [5, 5.41) is 0. The molecule has 0 fully saturated rings. The molecule has 0 aliphatic carbocycles. The molecule has 2 nitrogen and oxygen atoms in total. The van der Waals surface area contributed by atoms with Crippen LogP contribution in [0.2, 0.25) is 0 Å². The lowest BCUT2D eigenvalue weighted by Crippen LogP contribution is -2.10. The molecule has 66 valence electrons. The first kappa shape index (κ1) is 9.58. The van der Waals surface area contributed by atoms with Gasteiger partial charge in [0, 0.05) is 4.90 Å². The first-order chi connectivity index (χ1) is 5.74. The molecule has 0 amide bonds. The number of benzene rings is 1. The highest BCUT2D eigenvalue weighted by Crippen LogP contribution is 2.18. The summed E-state index contributed by atoms with van der Waals surface area (Å²) in [4.78, 5) is 3.69. The second-order valence-electron chi connectivity index (χ2n) is 2.94. The molecule has 0 atom stereocenters. The number of nitrogens with two attached hydrogens (primary N) is 1. The van der Waals surface area contributed by atoms with Gasteiger partial charge in [0.15, 0.2) is 0 Å². The Labute approximate surface area is 77.6 Å². The summed E-state index contributed by atoms with van der Waals surface area (Å²) >= 11 is 1.42. The van der Waals surface area contributed by atoms with E-state index >= 15 is 0 Å².